The Hall–Kier alpha value is -3.42. The Morgan fingerprint density at radius 2 is 1.69 bits per heavy atom. The third-order valence-electron chi connectivity index (χ3n) is 6.82. The molecule has 0 spiro atoms. The van der Waals surface area contributed by atoms with Crippen LogP contribution < -0.4 is 14.5 Å². The summed E-state index contributed by atoms with van der Waals surface area (Å²) in [7, 11) is 0. The van der Waals surface area contributed by atoms with Crippen molar-refractivity contribution in [2.45, 2.75) is 26.2 Å². The van der Waals surface area contributed by atoms with Gasteiger partial charge in [0.25, 0.3) is 5.88 Å². The van der Waals surface area contributed by atoms with Crippen LogP contribution in [0.15, 0.2) is 48.5 Å². The summed E-state index contributed by atoms with van der Waals surface area (Å²) in [6, 6.07) is 14.6. The molecule has 8 heteroatoms. The van der Waals surface area contributed by atoms with Crippen LogP contribution in [0.1, 0.15) is 26.2 Å². The lowest BCUT2D eigenvalue weighted by Gasteiger charge is -2.40. The van der Waals surface area contributed by atoms with E-state index in [4.69, 9.17) is 14.7 Å². The van der Waals surface area contributed by atoms with E-state index in [1.165, 1.54) is 6.07 Å². The predicted molar refractivity (Wildman–Crippen MR) is 135 cm³/mol. The number of ether oxygens (including phenoxy) is 1. The van der Waals surface area contributed by atoms with Crippen LogP contribution in [0.5, 0.6) is 5.88 Å². The molecule has 0 bridgehead atoms. The largest absolute Gasteiger partial charge is 0.475 e. The number of para-hydroxylation sites is 3. The van der Waals surface area contributed by atoms with Gasteiger partial charge in [-0.3, -0.25) is 4.79 Å². The van der Waals surface area contributed by atoms with Crippen LogP contribution in [-0.4, -0.2) is 66.7 Å². The van der Waals surface area contributed by atoms with Gasteiger partial charge in [0.15, 0.2) is 5.82 Å². The fourth-order valence-corrected chi connectivity index (χ4v) is 4.98. The van der Waals surface area contributed by atoms with E-state index < -0.39 is 0 Å². The fourth-order valence-electron chi connectivity index (χ4n) is 4.98. The number of rotatable bonds is 6. The zero-order valence-electron chi connectivity index (χ0n) is 20.2. The molecule has 0 radical (unpaired) electrons. The summed E-state index contributed by atoms with van der Waals surface area (Å²) >= 11 is 0. The molecule has 5 rings (SSSR count). The van der Waals surface area contributed by atoms with Crippen molar-refractivity contribution >= 4 is 28.4 Å². The smallest absolute Gasteiger partial charge is 0.258 e. The highest BCUT2D eigenvalue weighted by molar-refractivity contribution is 5.81. The first kappa shape index (κ1) is 23.3. The van der Waals surface area contributed by atoms with Gasteiger partial charge in [-0.15, -0.1) is 0 Å². The summed E-state index contributed by atoms with van der Waals surface area (Å²) in [6.07, 6.45) is 2.65. The molecule has 35 heavy (non-hydrogen) atoms. The summed E-state index contributed by atoms with van der Waals surface area (Å²) in [5, 5.41) is 0. The van der Waals surface area contributed by atoms with Crippen LogP contribution in [-0.2, 0) is 4.79 Å². The number of piperazine rings is 1. The third-order valence-corrected chi connectivity index (χ3v) is 6.82. The van der Waals surface area contributed by atoms with E-state index in [0.717, 1.165) is 42.7 Å². The van der Waals surface area contributed by atoms with E-state index in [-0.39, 0.29) is 17.6 Å². The summed E-state index contributed by atoms with van der Waals surface area (Å²) in [5.74, 6) is 1.12. The lowest BCUT2D eigenvalue weighted by atomic mass is 9.96. The summed E-state index contributed by atoms with van der Waals surface area (Å²) in [5.41, 5.74) is 2.24. The van der Waals surface area contributed by atoms with Crippen LogP contribution >= 0.6 is 0 Å². The van der Waals surface area contributed by atoms with Gasteiger partial charge >= 0.3 is 0 Å². The van der Waals surface area contributed by atoms with E-state index in [0.29, 0.717) is 50.9 Å². The van der Waals surface area contributed by atoms with Gasteiger partial charge in [-0.05, 0) is 43.5 Å². The number of benzene rings is 2. The second kappa shape index (κ2) is 10.5. The normalized spacial score (nSPS) is 18.7. The number of aromatic nitrogens is 2. The minimum Gasteiger partial charge on any atom is -0.475 e. The average Bonchev–Trinajstić information content (AvgIpc) is 2.91. The standard InChI is InChI=1S/C27H32FN5O2/c1-2-18-35-26-25(29-22-10-4-5-11-23(22)30-26)33-13-7-8-20(19-33)27(34)32-16-14-31(15-17-32)24-12-6-3-9-21(24)28/h3-6,9-12,20H,2,7-8,13-19H2,1H3. The maximum absolute atomic E-state index is 14.2. The molecule has 2 saturated heterocycles. The minimum atomic E-state index is -0.215. The number of anilines is 2. The van der Waals surface area contributed by atoms with Gasteiger partial charge in [0.2, 0.25) is 5.91 Å². The molecule has 1 amide bonds. The third kappa shape index (κ3) is 5.01. The van der Waals surface area contributed by atoms with Gasteiger partial charge in [0.05, 0.1) is 29.2 Å². The molecule has 3 aromatic rings. The molecule has 7 nitrogen and oxygen atoms in total. The van der Waals surface area contributed by atoms with E-state index in [2.05, 4.69) is 11.8 Å². The van der Waals surface area contributed by atoms with E-state index >= 15 is 0 Å². The molecule has 2 fully saturated rings. The number of piperidine rings is 1. The van der Waals surface area contributed by atoms with Crippen LogP contribution in [0.25, 0.3) is 11.0 Å². The summed E-state index contributed by atoms with van der Waals surface area (Å²) in [6.45, 7) is 6.53. The van der Waals surface area contributed by atoms with Crippen LogP contribution in [0.4, 0.5) is 15.9 Å². The van der Waals surface area contributed by atoms with Gasteiger partial charge in [0, 0.05) is 39.3 Å². The maximum Gasteiger partial charge on any atom is 0.258 e. The van der Waals surface area contributed by atoms with Crippen molar-refractivity contribution in [1.29, 1.82) is 0 Å². The Labute approximate surface area is 205 Å². The molecule has 2 aliphatic rings. The van der Waals surface area contributed by atoms with E-state index in [1.54, 1.807) is 12.1 Å². The molecule has 1 aromatic heterocycles. The number of carbonyl (C=O) groups excluding carboxylic acids is 1. The maximum atomic E-state index is 14.2. The van der Waals surface area contributed by atoms with Crippen molar-refractivity contribution in [2.75, 3.05) is 55.7 Å². The Kier molecular flexibility index (Phi) is 6.97. The van der Waals surface area contributed by atoms with Gasteiger partial charge in [-0.2, -0.15) is 0 Å². The number of hydrogen-bond donors (Lipinski definition) is 0. The average molecular weight is 478 g/mol. The molecule has 2 aromatic carbocycles. The second-order valence-electron chi connectivity index (χ2n) is 9.24. The van der Waals surface area contributed by atoms with Crippen molar-refractivity contribution in [1.82, 2.24) is 14.9 Å². The minimum absolute atomic E-state index is 0.101. The number of nitrogens with zero attached hydrogens (tertiary/aromatic N) is 5. The summed E-state index contributed by atoms with van der Waals surface area (Å²) in [4.78, 5) is 29.2. The molecule has 3 heterocycles. The van der Waals surface area contributed by atoms with E-state index in [9.17, 15) is 9.18 Å². The zero-order valence-corrected chi connectivity index (χ0v) is 20.2. The number of amides is 1. The van der Waals surface area contributed by atoms with E-state index in [1.807, 2.05) is 40.1 Å². The van der Waals surface area contributed by atoms with Crippen molar-refractivity contribution in [2.24, 2.45) is 5.92 Å². The molecule has 0 N–H and O–H groups in total. The fraction of sp³-hybridized carbons (Fsp3) is 0.444. The monoisotopic (exact) mass is 477 g/mol. The molecule has 0 saturated carbocycles. The van der Waals surface area contributed by atoms with Crippen molar-refractivity contribution in [3.05, 3.63) is 54.3 Å². The number of hydrogen-bond acceptors (Lipinski definition) is 6. The highest BCUT2D eigenvalue weighted by atomic mass is 19.1. The highest BCUT2D eigenvalue weighted by Gasteiger charge is 2.33. The second-order valence-corrected chi connectivity index (χ2v) is 9.24. The molecule has 1 atom stereocenters. The predicted octanol–water partition coefficient (Wildman–Crippen LogP) is 4.12. The molecule has 1 unspecified atom stereocenters. The first-order valence-corrected chi connectivity index (χ1v) is 12.6. The Morgan fingerprint density at radius 1 is 0.971 bits per heavy atom. The molecular formula is C27H32FN5O2. The van der Waals surface area contributed by atoms with Crippen molar-refractivity contribution < 1.29 is 13.9 Å². The van der Waals surface area contributed by atoms with Gasteiger partial charge < -0.3 is 19.4 Å². The Bertz CT molecular complexity index is 1180. The van der Waals surface area contributed by atoms with Gasteiger partial charge in [0.1, 0.15) is 5.82 Å². The van der Waals surface area contributed by atoms with Crippen molar-refractivity contribution in [3.8, 4) is 5.88 Å². The quantitative estimate of drug-likeness (QED) is 0.532. The number of carbonyl (C=O) groups is 1. The lowest BCUT2D eigenvalue weighted by molar-refractivity contribution is -0.136. The topological polar surface area (TPSA) is 61.8 Å². The van der Waals surface area contributed by atoms with Crippen LogP contribution in [0.2, 0.25) is 0 Å². The van der Waals surface area contributed by atoms with Gasteiger partial charge in [-0.25, -0.2) is 14.4 Å². The van der Waals surface area contributed by atoms with Gasteiger partial charge in [-0.1, -0.05) is 31.2 Å². The van der Waals surface area contributed by atoms with Crippen LogP contribution in [0.3, 0.4) is 0 Å². The first-order valence-electron chi connectivity index (χ1n) is 12.6. The van der Waals surface area contributed by atoms with Crippen LogP contribution in [0, 0.1) is 11.7 Å². The molecule has 2 aliphatic heterocycles. The molecule has 0 aliphatic carbocycles. The molecular weight excluding hydrogens is 445 g/mol. The summed E-state index contributed by atoms with van der Waals surface area (Å²) < 4.78 is 20.2. The first-order chi connectivity index (χ1) is 17.1. The number of fused-ring (bicyclic) bond motifs is 1. The number of halogens is 1. The Morgan fingerprint density at radius 3 is 2.43 bits per heavy atom. The Balaban J connectivity index is 1.28. The highest BCUT2D eigenvalue weighted by Crippen LogP contribution is 2.31. The SMILES string of the molecule is CCCOc1nc2ccccc2nc1N1CCCC(C(=O)N2CCN(c3ccccc3F)CC2)C1. The molecule has 184 valence electrons. The lowest BCUT2D eigenvalue weighted by Crippen LogP contribution is -2.53. The van der Waals surface area contributed by atoms with Crippen molar-refractivity contribution in [3.63, 3.8) is 0 Å². The zero-order chi connectivity index (χ0) is 24.2.